The first-order valence-electron chi connectivity index (χ1n) is 6.01. The van der Waals surface area contributed by atoms with Crippen LogP contribution in [-0.4, -0.2) is 46.8 Å². The summed E-state index contributed by atoms with van der Waals surface area (Å²) in [7, 11) is 0. The molecule has 19 heavy (non-hydrogen) atoms. The predicted octanol–water partition coefficient (Wildman–Crippen LogP) is 1.84. The highest BCUT2D eigenvalue weighted by Gasteiger charge is 2.40. The largest absolute Gasteiger partial charge is 0.465 e. The van der Waals surface area contributed by atoms with Gasteiger partial charge in [0.1, 0.15) is 18.0 Å². The highest BCUT2D eigenvalue weighted by atomic mass is 19.1. The molecular weight excluding hydrogens is 258 g/mol. The molecule has 7 heteroatoms. The van der Waals surface area contributed by atoms with Crippen molar-refractivity contribution >= 4 is 12.0 Å². The van der Waals surface area contributed by atoms with Gasteiger partial charge in [-0.25, -0.2) is 13.6 Å². The molecule has 0 aromatic rings. The van der Waals surface area contributed by atoms with Crippen LogP contribution in [0.4, 0.5) is 13.6 Å². The van der Waals surface area contributed by atoms with Crippen molar-refractivity contribution in [2.24, 2.45) is 0 Å². The number of nitrogens with one attached hydrogen (secondary N) is 1. The number of halogens is 2. The van der Waals surface area contributed by atoms with E-state index in [1.54, 1.807) is 13.8 Å². The maximum absolute atomic E-state index is 13.6. The van der Waals surface area contributed by atoms with E-state index in [1.807, 2.05) is 0 Å². The molecule has 0 spiro atoms. The van der Waals surface area contributed by atoms with E-state index in [4.69, 9.17) is 5.11 Å². The summed E-state index contributed by atoms with van der Waals surface area (Å²) in [6.45, 7) is 4.25. The Balaban J connectivity index is 2.73. The summed E-state index contributed by atoms with van der Waals surface area (Å²) in [5.41, 5.74) is 0.428. The zero-order chi connectivity index (χ0) is 14.7. The number of carbonyl (C=O) groups excluding carboxylic acids is 1. The number of alkyl halides is 1. The number of nitrogens with zero attached hydrogens (tertiary/aromatic N) is 1. The minimum atomic E-state index is -1.37. The van der Waals surface area contributed by atoms with Gasteiger partial charge in [-0.15, -0.1) is 0 Å². The van der Waals surface area contributed by atoms with Crippen LogP contribution in [0.3, 0.4) is 0 Å². The van der Waals surface area contributed by atoms with Crippen LogP contribution in [0.5, 0.6) is 0 Å². The Hall–Kier alpha value is -1.66. The topological polar surface area (TPSA) is 69.6 Å². The fourth-order valence-corrected chi connectivity index (χ4v) is 2.05. The summed E-state index contributed by atoms with van der Waals surface area (Å²) in [4.78, 5) is 23.5. The molecule has 2 amide bonds. The van der Waals surface area contributed by atoms with Crippen LogP contribution in [0, 0.1) is 0 Å². The molecule has 1 aliphatic heterocycles. The Morgan fingerprint density at radius 2 is 2.00 bits per heavy atom. The van der Waals surface area contributed by atoms with Crippen LogP contribution in [0.1, 0.15) is 27.2 Å². The summed E-state index contributed by atoms with van der Waals surface area (Å²) >= 11 is 0. The van der Waals surface area contributed by atoms with Gasteiger partial charge in [-0.3, -0.25) is 9.69 Å². The molecule has 1 heterocycles. The van der Waals surface area contributed by atoms with E-state index >= 15 is 0 Å². The van der Waals surface area contributed by atoms with E-state index in [2.05, 4.69) is 5.32 Å². The number of rotatable bonds is 3. The molecule has 0 unspecified atom stereocenters. The van der Waals surface area contributed by atoms with Gasteiger partial charge in [-0.2, -0.15) is 0 Å². The third-order valence-corrected chi connectivity index (χ3v) is 3.01. The zero-order valence-electron chi connectivity index (χ0n) is 11.1. The van der Waals surface area contributed by atoms with Crippen LogP contribution in [0.25, 0.3) is 0 Å². The van der Waals surface area contributed by atoms with Gasteiger partial charge in [0.2, 0.25) is 5.91 Å². The smallest absolute Gasteiger partial charge is 0.408 e. The van der Waals surface area contributed by atoms with Crippen molar-refractivity contribution in [1.29, 1.82) is 0 Å². The van der Waals surface area contributed by atoms with Gasteiger partial charge in [-0.1, -0.05) is 0 Å². The van der Waals surface area contributed by atoms with E-state index in [-0.39, 0.29) is 13.0 Å². The molecular formula is C12H18F2N2O3. The quantitative estimate of drug-likeness (QED) is 0.826. The molecule has 1 aliphatic rings. The minimum Gasteiger partial charge on any atom is -0.465 e. The van der Waals surface area contributed by atoms with Crippen LogP contribution >= 0.6 is 0 Å². The lowest BCUT2D eigenvalue weighted by molar-refractivity contribution is -0.125. The minimum absolute atomic E-state index is 0.193. The van der Waals surface area contributed by atoms with Crippen molar-refractivity contribution in [1.82, 2.24) is 10.2 Å². The Bertz CT molecular complexity index is 408. The molecule has 108 valence electrons. The van der Waals surface area contributed by atoms with Crippen molar-refractivity contribution in [3.05, 3.63) is 11.4 Å². The molecule has 1 saturated heterocycles. The molecule has 0 aromatic carbocycles. The van der Waals surface area contributed by atoms with E-state index < -0.39 is 36.1 Å². The van der Waals surface area contributed by atoms with Gasteiger partial charge in [0.25, 0.3) is 0 Å². The molecule has 0 aliphatic carbocycles. The molecule has 0 aromatic heterocycles. The standard InChI is InChI=1S/C12H18F2N2O3/c1-6(2)10(14)7(3)15-11(17)9-4-8(13)5-16(9)12(18)19/h7-9H,4-5H2,1-3H3,(H,15,17)(H,18,19)/t7-,8-,9+/m1/s1. The summed E-state index contributed by atoms with van der Waals surface area (Å²) in [6, 6.07) is -1.95. The maximum atomic E-state index is 13.6. The molecule has 3 atom stereocenters. The summed E-state index contributed by atoms with van der Waals surface area (Å²) < 4.78 is 26.8. The maximum Gasteiger partial charge on any atom is 0.408 e. The Morgan fingerprint density at radius 3 is 2.47 bits per heavy atom. The van der Waals surface area contributed by atoms with E-state index in [1.165, 1.54) is 6.92 Å². The second-order valence-corrected chi connectivity index (χ2v) is 4.86. The SMILES string of the molecule is CC(C)=C(F)[C@@H](C)NC(=O)[C@@H]1C[C@@H](F)CN1C(=O)O. The van der Waals surface area contributed by atoms with Crippen molar-refractivity contribution < 1.29 is 23.5 Å². The number of hydrogen-bond acceptors (Lipinski definition) is 2. The Kier molecular flexibility index (Phi) is 4.85. The lowest BCUT2D eigenvalue weighted by Gasteiger charge is -2.22. The first-order chi connectivity index (χ1) is 8.73. The van der Waals surface area contributed by atoms with Crippen molar-refractivity contribution in [3.8, 4) is 0 Å². The first-order valence-corrected chi connectivity index (χ1v) is 6.01. The highest BCUT2D eigenvalue weighted by Crippen LogP contribution is 2.21. The van der Waals surface area contributed by atoms with Gasteiger partial charge < -0.3 is 10.4 Å². The molecule has 0 radical (unpaired) electrons. The lowest BCUT2D eigenvalue weighted by atomic mass is 10.1. The normalized spacial score (nSPS) is 23.9. The van der Waals surface area contributed by atoms with E-state index in [9.17, 15) is 18.4 Å². The van der Waals surface area contributed by atoms with Crippen molar-refractivity contribution in [2.45, 2.75) is 45.4 Å². The summed E-state index contributed by atoms with van der Waals surface area (Å²) in [5, 5.41) is 11.2. The number of hydrogen-bond donors (Lipinski definition) is 2. The van der Waals surface area contributed by atoms with Gasteiger partial charge in [-0.05, 0) is 26.3 Å². The third-order valence-electron chi connectivity index (χ3n) is 3.01. The van der Waals surface area contributed by atoms with Gasteiger partial charge in [0.05, 0.1) is 12.6 Å². The van der Waals surface area contributed by atoms with Gasteiger partial charge >= 0.3 is 6.09 Å². The first kappa shape index (κ1) is 15.4. The van der Waals surface area contributed by atoms with Gasteiger partial charge in [0.15, 0.2) is 0 Å². The number of carboxylic acid groups (broad SMARTS) is 1. The lowest BCUT2D eigenvalue weighted by Crippen LogP contribution is -2.48. The average Bonchev–Trinajstić information content (AvgIpc) is 2.70. The molecule has 0 saturated carbocycles. The molecule has 0 bridgehead atoms. The second kappa shape index (κ2) is 5.99. The predicted molar refractivity (Wildman–Crippen MR) is 65.1 cm³/mol. The van der Waals surface area contributed by atoms with Crippen molar-refractivity contribution in [3.63, 3.8) is 0 Å². The molecule has 1 fully saturated rings. The Labute approximate surface area is 110 Å². The molecule has 2 N–H and O–H groups in total. The molecule has 1 rings (SSSR count). The second-order valence-electron chi connectivity index (χ2n) is 4.86. The van der Waals surface area contributed by atoms with Crippen molar-refractivity contribution in [2.75, 3.05) is 6.54 Å². The number of carbonyl (C=O) groups is 2. The monoisotopic (exact) mass is 276 g/mol. The zero-order valence-corrected chi connectivity index (χ0v) is 11.1. The summed E-state index contributed by atoms with van der Waals surface area (Å²) in [5.74, 6) is -1.16. The summed E-state index contributed by atoms with van der Waals surface area (Å²) in [6.07, 6.45) is -2.91. The third kappa shape index (κ3) is 3.65. The fourth-order valence-electron chi connectivity index (χ4n) is 2.05. The van der Waals surface area contributed by atoms with Crippen LogP contribution in [0.15, 0.2) is 11.4 Å². The number of likely N-dealkylation sites (tertiary alicyclic amines) is 1. The average molecular weight is 276 g/mol. The van der Waals surface area contributed by atoms with E-state index in [0.717, 1.165) is 4.90 Å². The molecule has 5 nitrogen and oxygen atoms in total. The number of amides is 2. The Morgan fingerprint density at radius 1 is 1.42 bits per heavy atom. The van der Waals surface area contributed by atoms with Crippen LogP contribution in [-0.2, 0) is 4.79 Å². The van der Waals surface area contributed by atoms with E-state index in [0.29, 0.717) is 5.57 Å². The van der Waals surface area contributed by atoms with Crippen LogP contribution in [0.2, 0.25) is 0 Å². The fraction of sp³-hybridized carbons (Fsp3) is 0.667. The number of allylic oxidation sites excluding steroid dienone is 1. The highest BCUT2D eigenvalue weighted by molar-refractivity contribution is 5.86. The van der Waals surface area contributed by atoms with Crippen LogP contribution < -0.4 is 5.32 Å². The van der Waals surface area contributed by atoms with Gasteiger partial charge in [0, 0.05) is 6.42 Å².